The minimum absolute atomic E-state index is 0.0291. The molecular weight excluding hydrogens is 252 g/mol. The number of carbonyl (C=O) groups is 2. The van der Waals surface area contributed by atoms with Crippen LogP contribution in [0.15, 0.2) is 0 Å². The molecular formula is C12H22N2O5. The normalized spacial score (nSPS) is 21.6. The molecule has 19 heavy (non-hydrogen) atoms. The first kappa shape index (κ1) is 15.7. The molecule has 4 N–H and O–H groups in total. The average Bonchev–Trinajstić information content (AvgIpc) is 2.62. The third-order valence-electron chi connectivity index (χ3n) is 3.36. The zero-order chi connectivity index (χ0) is 14.3. The Labute approximate surface area is 112 Å². The van der Waals surface area contributed by atoms with Gasteiger partial charge in [0.15, 0.2) is 0 Å². The van der Waals surface area contributed by atoms with Crippen molar-refractivity contribution in [2.75, 3.05) is 19.8 Å². The van der Waals surface area contributed by atoms with Crippen molar-refractivity contribution in [1.82, 2.24) is 10.2 Å². The van der Waals surface area contributed by atoms with E-state index in [9.17, 15) is 14.7 Å². The molecule has 7 heteroatoms. The molecule has 1 fully saturated rings. The van der Waals surface area contributed by atoms with Gasteiger partial charge in [0.1, 0.15) is 6.04 Å². The number of hydrogen-bond acceptors (Lipinski definition) is 4. The van der Waals surface area contributed by atoms with Crippen LogP contribution in [0.25, 0.3) is 0 Å². The molecule has 0 aromatic heterocycles. The van der Waals surface area contributed by atoms with E-state index in [1.165, 1.54) is 4.90 Å². The SMILES string of the molecule is O=C(O)[C@@H](CCO)NC(=O)N1CCCCCC1CO. The highest BCUT2D eigenvalue weighted by atomic mass is 16.4. The molecule has 1 heterocycles. The third kappa shape index (κ3) is 4.68. The van der Waals surface area contributed by atoms with E-state index in [0.29, 0.717) is 6.54 Å². The molecule has 0 aromatic carbocycles. The van der Waals surface area contributed by atoms with Crippen LogP contribution in [0, 0.1) is 0 Å². The van der Waals surface area contributed by atoms with Crippen LogP contribution in [0.2, 0.25) is 0 Å². The summed E-state index contributed by atoms with van der Waals surface area (Å²) in [5, 5.41) is 29.4. The van der Waals surface area contributed by atoms with E-state index < -0.39 is 18.0 Å². The Balaban J connectivity index is 2.64. The predicted molar refractivity (Wildman–Crippen MR) is 67.7 cm³/mol. The van der Waals surface area contributed by atoms with E-state index in [4.69, 9.17) is 10.2 Å². The lowest BCUT2D eigenvalue weighted by atomic mass is 10.1. The lowest BCUT2D eigenvalue weighted by Crippen LogP contribution is -2.52. The van der Waals surface area contributed by atoms with E-state index in [1.807, 2.05) is 0 Å². The number of carbonyl (C=O) groups excluding carboxylic acids is 1. The number of hydrogen-bond donors (Lipinski definition) is 4. The molecule has 2 atom stereocenters. The Morgan fingerprint density at radius 1 is 1.26 bits per heavy atom. The number of nitrogens with zero attached hydrogens (tertiary/aromatic N) is 1. The number of amides is 2. The smallest absolute Gasteiger partial charge is 0.326 e. The summed E-state index contributed by atoms with van der Waals surface area (Å²) in [6.07, 6.45) is 3.50. The summed E-state index contributed by atoms with van der Waals surface area (Å²) in [4.78, 5) is 24.5. The van der Waals surface area contributed by atoms with E-state index in [2.05, 4.69) is 5.32 Å². The largest absolute Gasteiger partial charge is 0.480 e. The van der Waals surface area contributed by atoms with Gasteiger partial charge in [0.05, 0.1) is 12.6 Å². The van der Waals surface area contributed by atoms with E-state index in [0.717, 1.165) is 25.7 Å². The van der Waals surface area contributed by atoms with Gasteiger partial charge >= 0.3 is 12.0 Å². The number of aliphatic carboxylic acids is 1. The second kappa shape index (κ2) is 7.96. The van der Waals surface area contributed by atoms with Crippen LogP contribution in [0.3, 0.4) is 0 Å². The van der Waals surface area contributed by atoms with Crippen molar-refractivity contribution in [1.29, 1.82) is 0 Å². The molecule has 0 radical (unpaired) electrons. The van der Waals surface area contributed by atoms with E-state index in [-0.39, 0.29) is 25.7 Å². The Morgan fingerprint density at radius 2 is 2.00 bits per heavy atom. The fourth-order valence-electron chi connectivity index (χ4n) is 2.25. The number of carboxylic acid groups (broad SMARTS) is 1. The summed E-state index contributed by atoms with van der Waals surface area (Å²) >= 11 is 0. The molecule has 0 saturated carbocycles. The van der Waals surface area contributed by atoms with Gasteiger partial charge in [0, 0.05) is 19.6 Å². The summed E-state index contributed by atoms with van der Waals surface area (Å²) in [6.45, 7) is 0.0916. The van der Waals surface area contributed by atoms with Gasteiger partial charge in [-0.1, -0.05) is 12.8 Å². The van der Waals surface area contributed by atoms with Crippen LogP contribution in [0.5, 0.6) is 0 Å². The van der Waals surface area contributed by atoms with E-state index in [1.54, 1.807) is 0 Å². The van der Waals surface area contributed by atoms with Crippen molar-refractivity contribution in [3.63, 3.8) is 0 Å². The van der Waals surface area contributed by atoms with Gasteiger partial charge < -0.3 is 25.5 Å². The number of carboxylic acids is 1. The molecule has 7 nitrogen and oxygen atoms in total. The first-order valence-corrected chi connectivity index (χ1v) is 6.61. The molecule has 1 saturated heterocycles. The van der Waals surface area contributed by atoms with Gasteiger partial charge in [0.25, 0.3) is 0 Å². The van der Waals surface area contributed by atoms with Crippen LogP contribution in [0.1, 0.15) is 32.1 Å². The van der Waals surface area contributed by atoms with Crippen molar-refractivity contribution in [2.24, 2.45) is 0 Å². The average molecular weight is 274 g/mol. The molecule has 2 amide bonds. The fourth-order valence-corrected chi connectivity index (χ4v) is 2.25. The maximum absolute atomic E-state index is 12.1. The van der Waals surface area contributed by atoms with Crippen LogP contribution < -0.4 is 5.32 Å². The second-order valence-corrected chi connectivity index (χ2v) is 4.73. The quantitative estimate of drug-likeness (QED) is 0.553. The van der Waals surface area contributed by atoms with Crippen LogP contribution >= 0.6 is 0 Å². The molecule has 1 aliphatic heterocycles. The summed E-state index contributed by atoms with van der Waals surface area (Å²) in [6, 6.07) is -1.84. The number of urea groups is 1. The van der Waals surface area contributed by atoms with Crippen LogP contribution in [0.4, 0.5) is 4.79 Å². The standard InChI is InChI=1S/C12H22N2O5/c15-7-5-10(11(17)18)13-12(19)14-6-3-1-2-4-9(14)8-16/h9-10,15-16H,1-8H2,(H,13,19)(H,17,18)/t9?,10-/m1/s1. The van der Waals surface area contributed by atoms with Gasteiger partial charge in [-0.2, -0.15) is 0 Å². The Bertz CT molecular complexity index is 310. The van der Waals surface area contributed by atoms with Gasteiger partial charge in [-0.3, -0.25) is 0 Å². The topological polar surface area (TPSA) is 110 Å². The van der Waals surface area contributed by atoms with Crippen molar-refractivity contribution >= 4 is 12.0 Å². The van der Waals surface area contributed by atoms with Crippen molar-refractivity contribution in [3.8, 4) is 0 Å². The predicted octanol–water partition coefficient (Wildman–Crippen LogP) is -0.231. The number of aliphatic hydroxyl groups is 2. The first-order valence-electron chi connectivity index (χ1n) is 6.61. The van der Waals surface area contributed by atoms with Gasteiger partial charge in [-0.25, -0.2) is 9.59 Å². The van der Waals surface area contributed by atoms with Crippen molar-refractivity contribution in [3.05, 3.63) is 0 Å². The highest BCUT2D eigenvalue weighted by molar-refractivity contribution is 5.82. The molecule has 0 aliphatic carbocycles. The van der Waals surface area contributed by atoms with Crippen LogP contribution in [-0.2, 0) is 4.79 Å². The minimum atomic E-state index is -1.17. The van der Waals surface area contributed by atoms with Gasteiger partial charge in [-0.15, -0.1) is 0 Å². The molecule has 0 bridgehead atoms. The summed E-state index contributed by atoms with van der Waals surface area (Å²) in [7, 11) is 0. The third-order valence-corrected chi connectivity index (χ3v) is 3.36. The number of nitrogens with one attached hydrogen (secondary N) is 1. The molecule has 0 aromatic rings. The Kier molecular flexibility index (Phi) is 6.58. The highest BCUT2D eigenvalue weighted by Gasteiger charge is 2.28. The van der Waals surface area contributed by atoms with E-state index >= 15 is 0 Å². The highest BCUT2D eigenvalue weighted by Crippen LogP contribution is 2.16. The molecule has 0 spiro atoms. The Morgan fingerprint density at radius 3 is 2.58 bits per heavy atom. The molecule has 110 valence electrons. The summed E-state index contributed by atoms with van der Waals surface area (Å²) in [5.41, 5.74) is 0. The minimum Gasteiger partial charge on any atom is -0.480 e. The van der Waals surface area contributed by atoms with Crippen molar-refractivity contribution < 1.29 is 24.9 Å². The molecule has 1 unspecified atom stereocenters. The lowest BCUT2D eigenvalue weighted by molar-refractivity contribution is -0.139. The number of rotatable bonds is 5. The number of likely N-dealkylation sites (tertiary alicyclic amines) is 1. The lowest BCUT2D eigenvalue weighted by Gasteiger charge is -2.30. The van der Waals surface area contributed by atoms with Crippen LogP contribution in [-0.4, -0.2) is 64.1 Å². The summed E-state index contributed by atoms with van der Waals surface area (Å²) < 4.78 is 0. The zero-order valence-electron chi connectivity index (χ0n) is 10.9. The summed E-state index contributed by atoms with van der Waals surface area (Å²) in [5.74, 6) is -1.17. The number of aliphatic hydroxyl groups excluding tert-OH is 2. The maximum atomic E-state index is 12.1. The fraction of sp³-hybridized carbons (Fsp3) is 0.833. The molecule has 1 aliphatic rings. The van der Waals surface area contributed by atoms with Gasteiger partial charge in [0.2, 0.25) is 0 Å². The molecule has 1 rings (SSSR count). The second-order valence-electron chi connectivity index (χ2n) is 4.73. The monoisotopic (exact) mass is 274 g/mol. The Hall–Kier alpha value is -1.34. The maximum Gasteiger partial charge on any atom is 0.326 e. The first-order chi connectivity index (χ1) is 9.10. The van der Waals surface area contributed by atoms with Gasteiger partial charge in [-0.05, 0) is 12.8 Å². The zero-order valence-corrected chi connectivity index (χ0v) is 10.9. The van der Waals surface area contributed by atoms with Crippen molar-refractivity contribution in [2.45, 2.75) is 44.2 Å².